The van der Waals surface area contributed by atoms with E-state index in [4.69, 9.17) is 28.4 Å². The lowest BCUT2D eigenvalue weighted by Crippen LogP contribution is -2.09. The summed E-state index contributed by atoms with van der Waals surface area (Å²) in [5, 5.41) is 9.72. The molecule has 1 aromatic carbocycles. The van der Waals surface area contributed by atoms with Gasteiger partial charge in [-0.2, -0.15) is 0 Å². The highest BCUT2D eigenvalue weighted by Crippen LogP contribution is 2.39. The molecule has 0 aliphatic heterocycles. The molecule has 0 amide bonds. The summed E-state index contributed by atoms with van der Waals surface area (Å²) in [4.78, 5) is 45.3. The van der Waals surface area contributed by atoms with Gasteiger partial charge in [-0.3, -0.25) is 0 Å². The van der Waals surface area contributed by atoms with E-state index in [1.54, 1.807) is 0 Å². The van der Waals surface area contributed by atoms with Crippen molar-refractivity contribution in [2.24, 2.45) is 0 Å². The number of carboxylic acids is 1. The van der Waals surface area contributed by atoms with E-state index in [9.17, 15) is 24.3 Å². The number of rotatable bonds is 28. The van der Waals surface area contributed by atoms with Crippen LogP contribution in [0.2, 0.25) is 0 Å². The Morgan fingerprint density at radius 1 is 0.511 bits per heavy atom. The lowest BCUT2D eigenvalue weighted by molar-refractivity contribution is -0.138. The fourth-order valence-corrected chi connectivity index (χ4v) is 3.96. The average Bonchev–Trinajstić information content (AvgIpc) is 3.04. The first-order chi connectivity index (χ1) is 21.8. The van der Waals surface area contributed by atoms with E-state index in [1.807, 2.05) is 0 Å². The molecule has 0 bridgehead atoms. The molecular weight excluding hydrogens is 584 g/mol. The summed E-state index contributed by atoms with van der Waals surface area (Å²) in [6.45, 7) is 12.1. The molecule has 0 saturated carbocycles. The molecule has 1 N–H and O–H groups in total. The summed E-state index contributed by atoms with van der Waals surface area (Å²) < 4.78 is 33.0. The first kappa shape index (κ1) is 38.7. The predicted molar refractivity (Wildman–Crippen MR) is 169 cm³/mol. The normalized spacial score (nSPS) is 10.3. The lowest BCUT2D eigenvalue weighted by atomic mass is 10.1. The summed E-state index contributed by atoms with van der Waals surface area (Å²) in [5.41, 5.74) is 0.0227. The molecule has 1 rings (SSSR count). The Morgan fingerprint density at radius 2 is 0.822 bits per heavy atom. The van der Waals surface area contributed by atoms with Gasteiger partial charge in [0.1, 0.15) is 0 Å². The van der Waals surface area contributed by atoms with Crippen molar-refractivity contribution in [3.63, 3.8) is 0 Å². The average molecular weight is 633 g/mol. The zero-order chi connectivity index (χ0) is 33.1. The highest BCUT2D eigenvalue weighted by Gasteiger charge is 2.19. The van der Waals surface area contributed by atoms with E-state index in [0.717, 1.165) is 82.4 Å². The van der Waals surface area contributed by atoms with Gasteiger partial charge in [0.25, 0.3) is 0 Å². The molecule has 0 saturated heterocycles. The van der Waals surface area contributed by atoms with Crippen LogP contribution in [0.1, 0.15) is 87.4 Å². The second kappa shape index (κ2) is 25.1. The molecule has 0 aromatic heterocycles. The maximum absolute atomic E-state index is 11.9. The molecule has 11 heteroatoms. The van der Waals surface area contributed by atoms with Crippen molar-refractivity contribution in [3.05, 3.63) is 55.7 Å². The van der Waals surface area contributed by atoms with Crippen LogP contribution in [0.15, 0.2) is 50.1 Å². The molecule has 45 heavy (non-hydrogen) atoms. The van der Waals surface area contributed by atoms with Crippen LogP contribution in [0.25, 0.3) is 0 Å². The second-order valence-electron chi connectivity index (χ2n) is 10.0. The van der Waals surface area contributed by atoms with Crippen molar-refractivity contribution in [1.82, 2.24) is 0 Å². The Labute approximate surface area is 266 Å². The summed E-state index contributed by atoms with van der Waals surface area (Å²) in [5.74, 6) is -1.49. The monoisotopic (exact) mass is 632 g/mol. The molecule has 0 aliphatic carbocycles. The van der Waals surface area contributed by atoms with Gasteiger partial charge >= 0.3 is 23.9 Å². The fraction of sp³-hybridized carbons (Fsp3) is 0.529. The zero-order valence-electron chi connectivity index (χ0n) is 26.3. The van der Waals surface area contributed by atoms with Crippen molar-refractivity contribution in [2.45, 2.75) is 77.0 Å². The van der Waals surface area contributed by atoms with Crippen LogP contribution in [-0.2, 0) is 28.6 Å². The largest absolute Gasteiger partial charge is 0.490 e. The van der Waals surface area contributed by atoms with Crippen molar-refractivity contribution < 1.29 is 52.7 Å². The van der Waals surface area contributed by atoms with Crippen LogP contribution in [0.5, 0.6) is 17.2 Å². The Balaban J connectivity index is 2.73. The highest BCUT2D eigenvalue weighted by molar-refractivity contribution is 5.89. The minimum atomic E-state index is -1.11. The number of esters is 3. The molecule has 0 unspecified atom stereocenters. The number of unbranched alkanes of at least 4 members (excludes halogenated alkanes) is 9. The minimum absolute atomic E-state index is 0.0227. The van der Waals surface area contributed by atoms with E-state index in [0.29, 0.717) is 69.7 Å². The zero-order valence-corrected chi connectivity index (χ0v) is 26.3. The van der Waals surface area contributed by atoms with Gasteiger partial charge in [0.05, 0.1) is 45.2 Å². The van der Waals surface area contributed by atoms with Crippen LogP contribution < -0.4 is 14.2 Å². The molecule has 0 atom stereocenters. The molecule has 0 spiro atoms. The minimum Gasteiger partial charge on any atom is -0.490 e. The van der Waals surface area contributed by atoms with Crippen LogP contribution in [0.4, 0.5) is 0 Å². The van der Waals surface area contributed by atoms with Crippen molar-refractivity contribution in [1.29, 1.82) is 0 Å². The standard InChI is InChI=1S/C34H48O11/c1-4-30(35)42-21-15-9-7-13-19-40-28-25-27(34(38)39)26-29(41-20-14-8-10-16-22-43-31(36)5-2)33(28)45-24-18-12-11-17-23-44-32(37)6-3/h4-6,25-26H,1-3,7-24H2,(H,38,39). The molecule has 250 valence electrons. The van der Waals surface area contributed by atoms with Crippen molar-refractivity contribution in [3.8, 4) is 17.2 Å². The molecule has 1 aromatic rings. The number of aromatic carboxylic acids is 1. The molecule has 0 heterocycles. The summed E-state index contributed by atoms with van der Waals surface area (Å²) in [6, 6.07) is 2.88. The third-order valence-electron chi connectivity index (χ3n) is 6.38. The van der Waals surface area contributed by atoms with Crippen molar-refractivity contribution in [2.75, 3.05) is 39.6 Å². The SMILES string of the molecule is C=CC(=O)OCCCCCCOc1cc(C(=O)O)cc(OCCCCCCOC(=O)C=C)c1OCCCCCCOC(=O)C=C. The van der Waals surface area contributed by atoms with E-state index >= 15 is 0 Å². The molecule has 0 fully saturated rings. The van der Waals surface area contributed by atoms with Crippen LogP contribution in [-0.4, -0.2) is 68.6 Å². The van der Waals surface area contributed by atoms with Gasteiger partial charge in [-0.25, -0.2) is 19.2 Å². The smallest absolute Gasteiger partial charge is 0.335 e. The number of carboxylic acid groups (broad SMARTS) is 1. The van der Waals surface area contributed by atoms with E-state index in [1.165, 1.54) is 12.1 Å². The maximum atomic E-state index is 11.9. The third kappa shape index (κ3) is 18.9. The Hall–Kier alpha value is -4.28. The van der Waals surface area contributed by atoms with Gasteiger partial charge in [-0.1, -0.05) is 19.7 Å². The quantitative estimate of drug-likeness (QED) is 0.0475. The van der Waals surface area contributed by atoms with Gasteiger partial charge in [0.2, 0.25) is 5.75 Å². The van der Waals surface area contributed by atoms with E-state index in [-0.39, 0.29) is 5.56 Å². The molecule has 0 radical (unpaired) electrons. The Morgan fingerprint density at radius 3 is 1.13 bits per heavy atom. The first-order valence-corrected chi connectivity index (χ1v) is 15.5. The van der Waals surface area contributed by atoms with Gasteiger partial charge in [-0.15, -0.1) is 0 Å². The van der Waals surface area contributed by atoms with Crippen molar-refractivity contribution >= 4 is 23.9 Å². The number of hydrogen-bond donors (Lipinski definition) is 1. The predicted octanol–water partition coefficient (Wildman–Crippen LogP) is 6.39. The van der Waals surface area contributed by atoms with Crippen LogP contribution in [0, 0.1) is 0 Å². The van der Waals surface area contributed by atoms with Crippen LogP contribution in [0.3, 0.4) is 0 Å². The molecular formula is C34H48O11. The van der Waals surface area contributed by atoms with E-state index < -0.39 is 23.9 Å². The van der Waals surface area contributed by atoms with Gasteiger partial charge < -0.3 is 33.5 Å². The summed E-state index contributed by atoms with van der Waals surface area (Å²) >= 11 is 0. The third-order valence-corrected chi connectivity index (χ3v) is 6.38. The summed E-state index contributed by atoms with van der Waals surface area (Å²) in [6.07, 6.45) is 12.7. The molecule has 0 aliphatic rings. The first-order valence-electron chi connectivity index (χ1n) is 15.5. The maximum Gasteiger partial charge on any atom is 0.335 e. The van der Waals surface area contributed by atoms with E-state index in [2.05, 4.69) is 19.7 Å². The second-order valence-corrected chi connectivity index (χ2v) is 10.0. The lowest BCUT2D eigenvalue weighted by Gasteiger charge is -2.18. The Kier molecular flexibility index (Phi) is 21.6. The number of carbonyl (C=O) groups is 4. The number of ether oxygens (including phenoxy) is 6. The fourth-order valence-electron chi connectivity index (χ4n) is 3.96. The van der Waals surface area contributed by atoms with Gasteiger partial charge in [-0.05, 0) is 89.2 Å². The van der Waals surface area contributed by atoms with Gasteiger partial charge in [0.15, 0.2) is 11.5 Å². The van der Waals surface area contributed by atoms with Gasteiger partial charge in [0, 0.05) is 18.2 Å². The number of hydrogen-bond acceptors (Lipinski definition) is 10. The number of benzene rings is 1. The summed E-state index contributed by atoms with van der Waals surface area (Å²) in [7, 11) is 0. The number of carbonyl (C=O) groups excluding carboxylic acids is 3. The topological polar surface area (TPSA) is 144 Å². The highest BCUT2D eigenvalue weighted by atomic mass is 16.5. The van der Waals surface area contributed by atoms with Crippen LogP contribution >= 0.6 is 0 Å². The Bertz CT molecular complexity index is 1020. The molecule has 11 nitrogen and oxygen atoms in total.